The standard InChI is InChI=1S/C11H12ClNO2/c1-8(7-11(14)15-2)13-10-5-3-9(12)4-6-10/h3-7,13H,1-2H3/b8-7-. The van der Waals surface area contributed by atoms with Crippen molar-refractivity contribution in [2.24, 2.45) is 0 Å². The first-order valence-electron chi connectivity index (χ1n) is 4.40. The summed E-state index contributed by atoms with van der Waals surface area (Å²) in [6.45, 7) is 1.78. The number of carbonyl (C=O) groups is 1. The quantitative estimate of drug-likeness (QED) is 0.635. The molecule has 3 nitrogen and oxygen atoms in total. The fraction of sp³-hybridized carbons (Fsp3) is 0.182. The summed E-state index contributed by atoms with van der Waals surface area (Å²) < 4.78 is 4.50. The molecule has 0 aliphatic carbocycles. The van der Waals surface area contributed by atoms with E-state index in [2.05, 4.69) is 10.1 Å². The lowest BCUT2D eigenvalue weighted by Crippen LogP contribution is -2.01. The van der Waals surface area contributed by atoms with Crippen molar-refractivity contribution in [1.29, 1.82) is 0 Å². The topological polar surface area (TPSA) is 38.3 Å². The molecule has 1 aromatic rings. The predicted molar refractivity (Wildman–Crippen MR) is 60.8 cm³/mol. The van der Waals surface area contributed by atoms with Crippen molar-refractivity contribution in [3.8, 4) is 0 Å². The zero-order valence-electron chi connectivity index (χ0n) is 8.58. The van der Waals surface area contributed by atoms with Crippen LogP contribution in [0.4, 0.5) is 5.69 Å². The van der Waals surface area contributed by atoms with E-state index in [1.807, 2.05) is 12.1 Å². The van der Waals surface area contributed by atoms with Gasteiger partial charge in [0.05, 0.1) is 7.11 Å². The third-order valence-corrected chi connectivity index (χ3v) is 1.97. The van der Waals surface area contributed by atoms with E-state index in [1.165, 1.54) is 13.2 Å². The minimum atomic E-state index is -0.381. The maximum atomic E-state index is 10.9. The molecule has 0 aliphatic heterocycles. The number of hydrogen-bond donors (Lipinski definition) is 1. The number of benzene rings is 1. The fourth-order valence-corrected chi connectivity index (χ4v) is 1.16. The number of allylic oxidation sites excluding steroid dienone is 1. The third kappa shape index (κ3) is 4.04. The van der Waals surface area contributed by atoms with Crippen LogP contribution in [0.2, 0.25) is 5.02 Å². The monoisotopic (exact) mass is 225 g/mol. The van der Waals surface area contributed by atoms with Crippen LogP contribution in [-0.2, 0) is 9.53 Å². The maximum absolute atomic E-state index is 10.9. The van der Waals surface area contributed by atoms with Crippen LogP contribution in [0, 0.1) is 0 Å². The van der Waals surface area contributed by atoms with Crippen molar-refractivity contribution in [2.45, 2.75) is 6.92 Å². The van der Waals surface area contributed by atoms with E-state index in [0.29, 0.717) is 10.7 Å². The highest BCUT2D eigenvalue weighted by Gasteiger charge is 1.97. The van der Waals surface area contributed by atoms with Crippen LogP contribution in [0.3, 0.4) is 0 Å². The molecule has 80 valence electrons. The SMILES string of the molecule is COC(=O)/C=C(/C)Nc1ccc(Cl)cc1. The molecule has 0 aliphatic rings. The second-order valence-corrected chi connectivity index (χ2v) is 3.42. The summed E-state index contributed by atoms with van der Waals surface area (Å²) in [6.07, 6.45) is 1.38. The first kappa shape index (κ1) is 11.6. The molecular formula is C11H12ClNO2. The minimum Gasteiger partial charge on any atom is -0.466 e. The van der Waals surface area contributed by atoms with Gasteiger partial charge >= 0.3 is 5.97 Å². The molecule has 15 heavy (non-hydrogen) atoms. The molecule has 1 rings (SSSR count). The number of anilines is 1. The lowest BCUT2D eigenvalue weighted by atomic mass is 10.3. The summed E-state index contributed by atoms with van der Waals surface area (Å²) in [5.74, 6) is -0.381. The summed E-state index contributed by atoms with van der Waals surface area (Å²) in [5, 5.41) is 3.71. The molecule has 0 unspecified atom stereocenters. The van der Waals surface area contributed by atoms with E-state index in [9.17, 15) is 4.79 Å². The van der Waals surface area contributed by atoms with Crippen molar-refractivity contribution >= 4 is 23.3 Å². The first-order chi connectivity index (χ1) is 7.11. The van der Waals surface area contributed by atoms with Crippen molar-refractivity contribution in [2.75, 3.05) is 12.4 Å². The number of ether oxygens (including phenoxy) is 1. The molecule has 0 amide bonds. The van der Waals surface area contributed by atoms with Gasteiger partial charge in [0.2, 0.25) is 0 Å². The summed E-state index contributed by atoms with van der Waals surface area (Å²) >= 11 is 5.74. The summed E-state index contributed by atoms with van der Waals surface area (Å²) in [6, 6.07) is 7.21. The zero-order chi connectivity index (χ0) is 11.3. The molecule has 0 atom stereocenters. The average Bonchev–Trinajstić information content (AvgIpc) is 2.21. The van der Waals surface area contributed by atoms with Gasteiger partial charge in [-0.2, -0.15) is 0 Å². The van der Waals surface area contributed by atoms with Gasteiger partial charge in [0.1, 0.15) is 0 Å². The van der Waals surface area contributed by atoms with Crippen LogP contribution in [-0.4, -0.2) is 13.1 Å². The normalized spacial score (nSPS) is 11.0. The van der Waals surface area contributed by atoms with Crippen molar-refractivity contribution in [3.63, 3.8) is 0 Å². The number of rotatable bonds is 3. The molecule has 0 bridgehead atoms. The van der Waals surface area contributed by atoms with Crippen LogP contribution in [0.5, 0.6) is 0 Å². The van der Waals surface area contributed by atoms with Crippen LogP contribution in [0.1, 0.15) is 6.92 Å². The number of hydrogen-bond acceptors (Lipinski definition) is 3. The van der Waals surface area contributed by atoms with Gasteiger partial charge < -0.3 is 10.1 Å². The van der Waals surface area contributed by atoms with E-state index < -0.39 is 0 Å². The predicted octanol–water partition coefficient (Wildman–Crippen LogP) is 2.83. The number of nitrogens with one attached hydrogen (secondary N) is 1. The van der Waals surface area contributed by atoms with Gasteiger partial charge in [-0.05, 0) is 31.2 Å². The van der Waals surface area contributed by atoms with Crippen molar-refractivity contribution in [3.05, 3.63) is 41.1 Å². The molecule has 1 aromatic carbocycles. The Balaban J connectivity index is 2.66. The second-order valence-electron chi connectivity index (χ2n) is 2.98. The zero-order valence-corrected chi connectivity index (χ0v) is 9.34. The van der Waals surface area contributed by atoms with Gasteiger partial charge in [0.15, 0.2) is 0 Å². The maximum Gasteiger partial charge on any atom is 0.332 e. The molecule has 0 aromatic heterocycles. The van der Waals surface area contributed by atoms with Gasteiger partial charge in [0.25, 0.3) is 0 Å². The van der Waals surface area contributed by atoms with Gasteiger partial charge in [-0.3, -0.25) is 0 Å². The van der Waals surface area contributed by atoms with Crippen LogP contribution in [0.25, 0.3) is 0 Å². The molecule has 4 heteroatoms. The summed E-state index contributed by atoms with van der Waals surface area (Å²) in [4.78, 5) is 10.9. The molecule has 0 heterocycles. The van der Waals surface area contributed by atoms with Gasteiger partial charge in [0, 0.05) is 22.5 Å². The van der Waals surface area contributed by atoms with Crippen molar-refractivity contribution < 1.29 is 9.53 Å². The second kappa shape index (κ2) is 5.41. The van der Waals surface area contributed by atoms with Crippen LogP contribution >= 0.6 is 11.6 Å². The van der Waals surface area contributed by atoms with Crippen LogP contribution < -0.4 is 5.32 Å². The third-order valence-electron chi connectivity index (χ3n) is 1.72. The number of esters is 1. The Hall–Kier alpha value is -1.48. The summed E-state index contributed by atoms with van der Waals surface area (Å²) in [5.41, 5.74) is 1.58. The van der Waals surface area contributed by atoms with Crippen LogP contribution in [0.15, 0.2) is 36.0 Å². The van der Waals surface area contributed by atoms with E-state index in [-0.39, 0.29) is 5.97 Å². The molecular weight excluding hydrogens is 214 g/mol. The van der Waals surface area contributed by atoms with Gasteiger partial charge in [-0.1, -0.05) is 11.6 Å². The lowest BCUT2D eigenvalue weighted by Gasteiger charge is -2.05. The van der Waals surface area contributed by atoms with E-state index in [4.69, 9.17) is 11.6 Å². The number of halogens is 1. The Morgan fingerprint density at radius 3 is 2.53 bits per heavy atom. The molecule has 1 N–H and O–H groups in total. The highest BCUT2D eigenvalue weighted by atomic mass is 35.5. The molecule has 0 saturated carbocycles. The average molecular weight is 226 g/mol. The lowest BCUT2D eigenvalue weighted by molar-refractivity contribution is -0.134. The highest BCUT2D eigenvalue weighted by molar-refractivity contribution is 6.30. The van der Waals surface area contributed by atoms with E-state index >= 15 is 0 Å². The summed E-state index contributed by atoms with van der Waals surface area (Å²) in [7, 11) is 1.34. The highest BCUT2D eigenvalue weighted by Crippen LogP contribution is 2.14. The first-order valence-corrected chi connectivity index (χ1v) is 4.78. The minimum absolute atomic E-state index is 0.381. The van der Waals surface area contributed by atoms with E-state index in [1.54, 1.807) is 19.1 Å². The number of carbonyl (C=O) groups excluding carboxylic acids is 1. The Bertz CT molecular complexity index is 371. The Morgan fingerprint density at radius 2 is 2.00 bits per heavy atom. The van der Waals surface area contributed by atoms with E-state index in [0.717, 1.165) is 5.69 Å². The Kier molecular flexibility index (Phi) is 4.18. The smallest absolute Gasteiger partial charge is 0.332 e. The molecule has 0 radical (unpaired) electrons. The largest absolute Gasteiger partial charge is 0.466 e. The molecule has 0 saturated heterocycles. The number of methoxy groups -OCH3 is 1. The van der Waals surface area contributed by atoms with Gasteiger partial charge in [-0.15, -0.1) is 0 Å². The Morgan fingerprint density at radius 1 is 1.40 bits per heavy atom. The van der Waals surface area contributed by atoms with Crippen molar-refractivity contribution in [1.82, 2.24) is 0 Å². The molecule has 0 fully saturated rings. The molecule has 0 spiro atoms. The fourth-order valence-electron chi connectivity index (χ4n) is 1.03. The Labute approximate surface area is 93.7 Å². The van der Waals surface area contributed by atoms with Gasteiger partial charge in [-0.25, -0.2) is 4.79 Å².